The lowest BCUT2D eigenvalue weighted by Crippen LogP contribution is -2.21. The molecule has 0 aliphatic heterocycles. The monoisotopic (exact) mass is 211 g/mol. The summed E-state index contributed by atoms with van der Waals surface area (Å²) in [4.78, 5) is 11.3. The van der Waals surface area contributed by atoms with Crippen molar-refractivity contribution in [1.29, 1.82) is 0 Å². The van der Waals surface area contributed by atoms with Gasteiger partial charge >= 0.3 is 5.97 Å². The maximum atomic E-state index is 11.3. The van der Waals surface area contributed by atoms with Crippen LogP contribution in [0.2, 0.25) is 0 Å². The number of benzene rings is 1. The third-order valence-corrected chi connectivity index (χ3v) is 1.74. The lowest BCUT2D eigenvalue weighted by Gasteiger charge is -2.08. The Balaban J connectivity index is 2.54. The Morgan fingerprint density at radius 2 is 2.27 bits per heavy atom. The summed E-state index contributed by atoms with van der Waals surface area (Å²) in [5.41, 5.74) is 6.27. The molecule has 5 nitrogen and oxygen atoms in total. The van der Waals surface area contributed by atoms with E-state index in [1.54, 1.807) is 18.2 Å². The highest BCUT2D eigenvalue weighted by molar-refractivity contribution is 5.90. The number of esters is 1. The summed E-state index contributed by atoms with van der Waals surface area (Å²) in [6.07, 6.45) is -1.05. The van der Waals surface area contributed by atoms with Crippen molar-refractivity contribution in [3.8, 4) is 0 Å². The van der Waals surface area contributed by atoms with Crippen LogP contribution in [0.1, 0.15) is 10.4 Å². The van der Waals surface area contributed by atoms with Crippen molar-refractivity contribution >= 4 is 11.7 Å². The number of aliphatic hydroxyl groups is 2. The number of rotatable bonds is 4. The number of hydrogen-bond acceptors (Lipinski definition) is 5. The predicted octanol–water partition coefficient (Wildman–Crippen LogP) is -0.221. The minimum atomic E-state index is -1.05. The molecule has 1 rings (SSSR count). The second-order valence-corrected chi connectivity index (χ2v) is 3.06. The molecule has 1 atom stereocenters. The van der Waals surface area contributed by atoms with Crippen molar-refractivity contribution in [2.75, 3.05) is 18.9 Å². The van der Waals surface area contributed by atoms with Crippen LogP contribution < -0.4 is 5.73 Å². The number of nitrogen functional groups attached to an aromatic ring is 1. The zero-order valence-corrected chi connectivity index (χ0v) is 8.09. The Bertz CT molecular complexity index is 340. The quantitative estimate of drug-likeness (QED) is 0.473. The molecule has 0 amide bonds. The van der Waals surface area contributed by atoms with Crippen LogP contribution >= 0.6 is 0 Å². The van der Waals surface area contributed by atoms with Crippen molar-refractivity contribution < 1.29 is 19.7 Å². The molecule has 0 saturated carbocycles. The Labute approximate surface area is 87.1 Å². The standard InChI is InChI=1S/C10H13NO4/c11-8-3-1-2-7(4-8)10(14)15-6-9(13)5-12/h1-4,9,12-13H,5-6,11H2. The number of carbonyl (C=O) groups is 1. The molecule has 0 aromatic heterocycles. The Kier molecular flexibility index (Phi) is 4.08. The van der Waals surface area contributed by atoms with E-state index in [0.717, 1.165) is 0 Å². The molecule has 0 fully saturated rings. The van der Waals surface area contributed by atoms with Gasteiger partial charge in [-0.15, -0.1) is 0 Å². The van der Waals surface area contributed by atoms with Gasteiger partial charge in [-0.05, 0) is 18.2 Å². The van der Waals surface area contributed by atoms with Crippen molar-refractivity contribution in [3.05, 3.63) is 29.8 Å². The highest BCUT2D eigenvalue weighted by Crippen LogP contribution is 2.07. The van der Waals surface area contributed by atoms with E-state index in [1.807, 2.05) is 0 Å². The van der Waals surface area contributed by atoms with E-state index in [2.05, 4.69) is 0 Å². The van der Waals surface area contributed by atoms with Gasteiger partial charge in [0.15, 0.2) is 0 Å². The van der Waals surface area contributed by atoms with E-state index in [-0.39, 0.29) is 6.61 Å². The molecule has 0 aliphatic rings. The van der Waals surface area contributed by atoms with E-state index >= 15 is 0 Å². The van der Waals surface area contributed by atoms with Gasteiger partial charge < -0.3 is 20.7 Å². The molecular formula is C10H13NO4. The van der Waals surface area contributed by atoms with Crippen LogP contribution in [0.3, 0.4) is 0 Å². The van der Waals surface area contributed by atoms with Gasteiger partial charge in [0.05, 0.1) is 12.2 Å². The molecule has 0 spiro atoms. The van der Waals surface area contributed by atoms with Gasteiger partial charge in [-0.3, -0.25) is 0 Å². The molecule has 4 N–H and O–H groups in total. The minimum Gasteiger partial charge on any atom is -0.459 e. The summed E-state index contributed by atoms with van der Waals surface area (Å²) < 4.78 is 4.73. The first kappa shape index (κ1) is 11.5. The second kappa shape index (κ2) is 5.33. The van der Waals surface area contributed by atoms with Gasteiger partial charge in [0.25, 0.3) is 0 Å². The lowest BCUT2D eigenvalue weighted by atomic mass is 10.2. The topological polar surface area (TPSA) is 92.8 Å². The van der Waals surface area contributed by atoms with Gasteiger partial charge in [0, 0.05) is 5.69 Å². The third-order valence-electron chi connectivity index (χ3n) is 1.74. The third kappa shape index (κ3) is 3.57. The summed E-state index contributed by atoms with van der Waals surface area (Å²) >= 11 is 0. The van der Waals surface area contributed by atoms with Crippen molar-refractivity contribution in [2.45, 2.75) is 6.10 Å². The zero-order chi connectivity index (χ0) is 11.3. The van der Waals surface area contributed by atoms with Crippen LogP contribution in [0, 0.1) is 0 Å². The van der Waals surface area contributed by atoms with Crippen LogP contribution in [0.15, 0.2) is 24.3 Å². The first-order valence-corrected chi connectivity index (χ1v) is 4.45. The van der Waals surface area contributed by atoms with E-state index in [1.165, 1.54) is 6.07 Å². The van der Waals surface area contributed by atoms with Crippen molar-refractivity contribution in [2.24, 2.45) is 0 Å². The molecule has 1 aromatic rings. The van der Waals surface area contributed by atoms with Crippen LogP contribution in [-0.4, -0.2) is 35.5 Å². The number of aliphatic hydroxyl groups excluding tert-OH is 2. The van der Waals surface area contributed by atoms with Crippen LogP contribution in [0.5, 0.6) is 0 Å². The minimum absolute atomic E-state index is 0.232. The maximum Gasteiger partial charge on any atom is 0.338 e. The summed E-state index contributed by atoms with van der Waals surface area (Å²) in [6.45, 7) is -0.672. The van der Waals surface area contributed by atoms with Gasteiger partial charge in [0.2, 0.25) is 0 Å². The predicted molar refractivity (Wildman–Crippen MR) is 54.2 cm³/mol. The average molecular weight is 211 g/mol. The van der Waals surface area contributed by atoms with Crippen molar-refractivity contribution in [3.63, 3.8) is 0 Å². The highest BCUT2D eigenvalue weighted by atomic mass is 16.5. The number of nitrogens with two attached hydrogens (primary N) is 1. The van der Waals surface area contributed by atoms with Crippen LogP contribution in [0.25, 0.3) is 0 Å². The van der Waals surface area contributed by atoms with Crippen LogP contribution in [0.4, 0.5) is 5.69 Å². The average Bonchev–Trinajstić information content (AvgIpc) is 2.25. The first-order valence-electron chi connectivity index (χ1n) is 4.45. The Hall–Kier alpha value is -1.59. The SMILES string of the molecule is Nc1cccc(C(=O)OCC(O)CO)c1. The molecule has 5 heteroatoms. The summed E-state index contributed by atoms with van der Waals surface area (Å²) in [5.74, 6) is -0.574. The molecular weight excluding hydrogens is 198 g/mol. The molecule has 0 heterocycles. The number of hydrogen-bond donors (Lipinski definition) is 3. The highest BCUT2D eigenvalue weighted by Gasteiger charge is 2.10. The molecule has 1 aromatic carbocycles. The molecule has 0 saturated heterocycles. The van der Waals surface area contributed by atoms with E-state index in [4.69, 9.17) is 20.7 Å². The van der Waals surface area contributed by atoms with Gasteiger partial charge in [-0.25, -0.2) is 4.79 Å². The molecule has 82 valence electrons. The molecule has 15 heavy (non-hydrogen) atoms. The molecule has 1 unspecified atom stereocenters. The smallest absolute Gasteiger partial charge is 0.338 e. The normalized spacial score (nSPS) is 12.1. The Morgan fingerprint density at radius 3 is 2.87 bits per heavy atom. The van der Waals surface area contributed by atoms with Crippen LogP contribution in [-0.2, 0) is 4.74 Å². The first-order chi connectivity index (χ1) is 7.13. The fourth-order valence-corrected chi connectivity index (χ4v) is 0.974. The fraction of sp³-hybridized carbons (Fsp3) is 0.300. The number of carbonyl (C=O) groups excluding carboxylic acids is 1. The Morgan fingerprint density at radius 1 is 1.53 bits per heavy atom. The number of ether oxygens (including phenoxy) is 1. The summed E-state index contributed by atoms with van der Waals surface area (Å²) in [7, 11) is 0. The number of anilines is 1. The van der Waals surface area contributed by atoms with E-state index < -0.39 is 18.7 Å². The van der Waals surface area contributed by atoms with E-state index in [9.17, 15) is 4.79 Å². The molecule has 0 aliphatic carbocycles. The van der Waals surface area contributed by atoms with Crippen molar-refractivity contribution in [1.82, 2.24) is 0 Å². The summed E-state index contributed by atoms with van der Waals surface area (Å²) in [5, 5.41) is 17.5. The molecule has 0 bridgehead atoms. The van der Waals surface area contributed by atoms with Gasteiger partial charge in [-0.1, -0.05) is 6.07 Å². The lowest BCUT2D eigenvalue weighted by molar-refractivity contribution is 0.00933. The second-order valence-electron chi connectivity index (χ2n) is 3.06. The van der Waals surface area contributed by atoms with Gasteiger partial charge in [-0.2, -0.15) is 0 Å². The van der Waals surface area contributed by atoms with E-state index in [0.29, 0.717) is 11.3 Å². The zero-order valence-electron chi connectivity index (χ0n) is 8.09. The molecule has 0 radical (unpaired) electrons. The maximum absolute atomic E-state index is 11.3. The fourth-order valence-electron chi connectivity index (χ4n) is 0.974. The van der Waals surface area contributed by atoms with Gasteiger partial charge in [0.1, 0.15) is 12.7 Å². The summed E-state index contributed by atoms with van der Waals surface area (Å²) in [6, 6.07) is 6.32. The largest absolute Gasteiger partial charge is 0.459 e.